The van der Waals surface area contributed by atoms with Crippen LogP contribution in [0.3, 0.4) is 0 Å². The molecule has 9 heteroatoms. The number of carbonyl (C=O) groups excluding carboxylic acids is 2. The highest BCUT2D eigenvalue weighted by molar-refractivity contribution is 5.96. The number of halogens is 3. The molecule has 2 heterocycles. The van der Waals surface area contributed by atoms with E-state index in [-0.39, 0.29) is 18.4 Å². The Hall–Kier alpha value is -4.01. The Morgan fingerprint density at radius 3 is 2.31 bits per heavy atom. The molecule has 204 valence electrons. The van der Waals surface area contributed by atoms with Gasteiger partial charge in [0.1, 0.15) is 11.4 Å². The van der Waals surface area contributed by atoms with Crippen molar-refractivity contribution >= 4 is 17.5 Å². The highest BCUT2D eigenvalue weighted by Gasteiger charge is 2.40. The number of anilines is 1. The van der Waals surface area contributed by atoms with Crippen molar-refractivity contribution in [1.82, 2.24) is 10.2 Å². The predicted octanol–water partition coefficient (Wildman–Crippen LogP) is 5.29. The van der Waals surface area contributed by atoms with Crippen molar-refractivity contribution in [2.24, 2.45) is 0 Å². The van der Waals surface area contributed by atoms with Gasteiger partial charge in [-0.2, -0.15) is 13.2 Å². The molecule has 0 unspecified atom stereocenters. The lowest BCUT2D eigenvalue weighted by Gasteiger charge is -2.41. The molecule has 2 aliphatic heterocycles. The third-order valence-electron chi connectivity index (χ3n) is 7.46. The Balaban J connectivity index is 1.23. The van der Waals surface area contributed by atoms with Crippen molar-refractivity contribution < 1.29 is 27.5 Å². The molecule has 0 aromatic heterocycles. The summed E-state index contributed by atoms with van der Waals surface area (Å²) in [5.74, 6) is 0.258. The average molecular weight is 538 g/mol. The topological polar surface area (TPSA) is 61.9 Å². The first kappa shape index (κ1) is 26.6. The third kappa shape index (κ3) is 6.19. The van der Waals surface area contributed by atoms with E-state index in [0.29, 0.717) is 62.3 Å². The van der Waals surface area contributed by atoms with Gasteiger partial charge in [0.15, 0.2) is 0 Å². The second-order valence-corrected chi connectivity index (χ2v) is 10.1. The fourth-order valence-electron chi connectivity index (χ4n) is 5.25. The molecule has 0 aliphatic carbocycles. The Bertz CT molecular complexity index is 1320. The number of alkyl halides is 3. The largest absolute Gasteiger partial charge is 0.485 e. The van der Waals surface area contributed by atoms with Crippen LogP contribution in [0.15, 0.2) is 78.9 Å². The minimum atomic E-state index is -4.39. The van der Waals surface area contributed by atoms with Gasteiger partial charge in [0, 0.05) is 51.0 Å². The fraction of sp³-hybridized carbons (Fsp3) is 0.333. The lowest BCUT2D eigenvalue weighted by molar-refractivity contribution is -0.137. The summed E-state index contributed by atoms with van der Waals surface area (Å²) < 4.78 is 46.4. The van der Waals surface area contributed by atoms with Crippen molar-refractivity contribution in [2.45, 2.75) is 37.6 Å². The van der Waals surface area contributed by atoms with Crippen LogP contribution in [0.4, 0.5) is 18.9 Å². The molecule has 1 spiro atoms. The van der Waals surface area contributed by atoms with Gasteiger partial charge in [-0.25, -0.2) is 0 Å². The van der Waals surface area contributed by atoms with Crippen LogP contribution >= 0.6 is 0 Å². The number of hydrogen-bond donors (Lipinski definition) is 1. The average Bonchev–Trinajstić information content (AvgIpc) is 3.09. The molecule has 1 fully saturated rings. The van der Waals surface area contributed by atoms with Crippen LogP contribution in [0.2, 0.25) is 0 Å². The van der Waals surface area contributed by atoms with Gasteiger partial charge < -0.3 is 19.9 Å². The summed E-state index contributed by atoms with van der Waals surface area (Å²) in [6, 6.07) is 21.8. The summed E-state index contributed by atoms with van der Waals surface area (Å²) in [4.78, 5) is 28.9. The standard InChI is InChI=1S/C30H30F3N3O3/c31-30(32,33)24-10-6-7-22(19-24)21-36-18-15-29(39-26-12-5-4-11-25(26)36)13-16-35(17-14-29)27(37)20-34-28(38)23-8-2-1-3-9-23/h1-12,19H,13-18,20-21H2,(H,34,38). The number of carbonyl (C=O) groups is 2. The van der Waals surface area contributed by atoms with E-state index in [2.05, 4.69) is 10.2 Å². The maximum absolute atomic E-state index is 13.3. The van der Waals surface area contributed by atoms with Crippen molar-refractivity contribution in [3.05, 3.63) is 95.6 Å². The Kier molecular flexibility index (Phi) is 7.50. The first-order valence-electron chi connectivity index (χ1n) is 13.0. The lowest BCUT2D eigenvalue weighted by Crippen LogP contribution is -2.52. The zero-order valence-electron chi connectivity index (χ0n) is 21.4. The second kappa shape index (κ2) is 11.0. The third-order valence-corrected chi connectivity index (χ3v) is 7.46. The molecular weight excluding hydrogens is 507 g/mol. The molecule has 3 aromatic rings. The highest BCUT2D eigenvalue weighted by atomic mass is 19.4. The van der Waals surface area contributed by atoms with E-state index in [4.69, 9.17) is 4.74 Å². The minimum Gasteiger partial charge on any atom is -0.485 e. The second-order valence-electron chi connectivity index (χ2n) is 10.1. The molecule has 6 nitrogen and oxygen atoms in total. The number of hydrogen-bond acceptors (Lipinski definition) is 4. The molecule has 1 saturated heterocycles. The van der Waals surface area contributed by atoms with Gasteiger partial charge in [0.05, 0.1) is 17.8 Å². The normalized spacial score (nSPS) is 16.7. The van der Waals surface area contributed by atoms with Crippen LogP contribution in [0.25, 0.3) is 0 Å². The summed E-state index contributed by atoms with van der Waals surface area (Å²) in [5, 5.41) is 2.69. The van der Waals surface area contributed by atoms with Crippen molar-refractivity contribution in [3.8, 4) is 5.75 Å². The smallest absolute Gasteiger partial charge is 0.416 e. The Labute approximate surface area is 225 Å². The van der Waals surface area contributed by atoms with E-state index in [1.54, 1.807) is 35.2 Å². The van der Waals surface area contributed by atoms with Gasteiger partial charge in [-0.1, -0.05) is 42.5 Å². The van der Waals surface area contributed by atoms with E-state index in [9.17, 15) is 22.8 Å². The molecule has 0 atom stereocenters. The molecular formula is C30H30F3N3O3. The highest BCUT2D eigenvalue weighted by Crippen LogP contribution is 2.41. The number of benzene rings is 3. The van der Waals surface area contributed by atoms with Gasteiger partial charge >= 0.3 is 6.18 Å². The number of fused-ring (bicyclic) bond motifs is 1. The van der Waals surface area contributed by atoms with E-state index < -0.39 is 17.3 Å². The van der Waals surface area contributed by atoms with Crippen molar-refractivity contribution in [1.29, 1.82) is 0 Å². The van der Waals surface area contributed by atoms with E-state index in [1.807, 2.05) is 30.3 Å². The number of para-hydroxylation sites is 2. The number of amides is 2. The monoisotopic (exact) mass is 537 g/mol. The minimum absolute atomic E-state index is 0.0742. The van der Waals surface area contributed by atoms with Gasteiger partial charge in [0.2, 0.25) is 5.91 Å². The molecule has 0 bridgehead atoms. The van der Waals surface area contributed by atoms with E-state index in [1.165, 1.54) is 12.1 Å². The van der Waals surface area contributed by atoms with Crippen LogP contribution < -0.4 is 15.0 Å². The van der Waals surface area contributed by atoms with Crippen LogP contribution in [-0.4, -0.2) is 48.5 Å². The molecule has 0 radical (unpaired) electrons. The number of ether oxygens (including phenoxy) is 1. The summed E-state index contributed by atoms with van der Waals surface area (Å²) in [5.41, 5.74) is 0.779. The summed E-state index contributed by atoms with van der Waals surface area (Å²) in [6.07, 6.45) is -2.47. The zero-order valence-corrected chi connectivity index (χ0v) is 21.4. The Morgan fingerprint density at radius 2 is 1.56 bits per heavy atom. The first-order valence-corrected chi connectivity index (χ1v) is 13.0. The first-order chi connectivity index (χ1) is 18.7. The molecule has 2 aliphatic rings. The van der Waals surface area contributed by atoms with Gasteiger partial charge in [-0.15, -0.1) is 0 Å². The number of nitrogens with zero attached hydrogens (tertiary/aromatic N) is 2. The van der Waals surface area contributed by atoms with Crippen molar-refractivity contribution in [2.75, 3.05) is 31.1 Å². The summed E-state index contributed by atoms with van der Waals surface area (Å²) in [7, 11) is 0. The quantitative estimate of drug-likeness (QED) is 0.481. The Morgan fingerprint density at radius 1 is 0.872 bits per heavy atom. The van der Waals surface area contributed by atoms with E-state index in [0.717, 1.165) is 11.8 Å². The van der Waals surface area contributed by atoms with Gasteiger partial charge in [0.25, 0.3) is 5.91 Å². The molecule has 5 rings (SSSR count). The molecule has 3 aromatic carbocycles. The summed E-state index contributed by atoms with van der Waals surface area (Å²) in [6.45, 7) is 1.85. The SMILES string of the molecule is O=C(NCC(=O)N1CCC2(CC1)CCN(Cc1cccc(C(F)(F)F)c1)c1ccccc1O2)c1ccccc1. The molecule has 39 heavy (non-hydrogen) atoms. The maximum Gasteiger partial charge on any atom is 0.416 e. The lowest BCUT2D eigenvalue weighted by atomic mass is 9.87. The number of piperidine rings is 1. The van der Waals surface area contributed by atoms with E-state index >= 15 is 0 Å². The number of nitrogens with one attached hydrogen (secondary N) is 1. The molecule has 1 N–H and O–H groups in total. The zero-order chi connectivity index (χ0) is 27.5. The van der Waals surface area contributed by atoms with Gasteiger partial charge in [-0.05, 0) is 42.0 Å². The molecule has 0 saturated carbocycles. The van der Waals surface area contributed by atoms with Crippen LogP contribution in [-0.2, 0) is 17.5 Å². The van der Waals surface area contributed by atoms with Crippen LogP contribution in [0, 0.1) is 0 Å². The van der Waals surface area contributed by atoms with Crippen molar-refractivity contribution in [3.63, 3.8) is 0 Å². The van der Waals surface area contributed by atoms with Crippen LogP contribution in [0.5, 0.6) is 5.75 Å². The molecule has 2 amide bonds. The predicted molar refractivity (Wildman–Crippen MR) is 142 cm³/mol. The van der Waals surface area contributed by atoms with Gasteiger partial charge in [-0.3, -0.25) is 9.59 Å². The summed E-state index contributed by atoms with van der Waals surface area (Å²) >= 11 is 0. The number of likely N-dealkylation sites (tertiary alicyclic amines) is 1. The fourth-order valence-corrected chi connectivity index (χ4v) is 5.25. The number of rotatable bonds is 5. The van der Waals surface area contributed by atoms with Crippen LogP contribution in [0.1, 0.15) is 40.7 Å². The maximum atomic E-state index is 13.3.